The van der Waals surface area contributed by atoms with Crippen LogP contribution in [0.5, 0.6) is 0 Å². The first-order chi connectivity index (χ1) is 13.3. The Balaban J connectivity index is 0.00000280. The Morgan fingerprint density at radius 2 is 2.00 bits per heavy atom. The molecule has 6 nitrogen and oxygen atoms in total. The second-order valence-corrected chi connectivity index (χ2v) is 7.76. The predicted molar refractivity (Wildman–Crippen MR) is 130 cm³/mol. The van der Waals surface area contributed by atoms with E-state index in [-0.39, 0.29) is 24.0 Å². The molecule has 0 unspecified atom stereocenters. The molecule has 0 radical (unpaired) electrons. The number of nitrogens with zero attached hydrogens (tertiary/aromatic N) is 4. The number of thiophene rings is 1. The van der Waals surface area contributed by atoms with Crippen LogP contribution in [0.4, 0.5) is 5.82 Å². The number of piperazine rings is 1. The van der Waals surface area contributed by atoms with Crippen molar-refractivity contribution < 1.29 is 0 Å². The van der Waals surface area contributed by atoms with Crippen LogP contribution in [0.2, 0.25) is 0 Å². The Kier molecular flexibility index (Phi) is 10.0. The van der Waals surface area contributed by atoms with Crippen molar-refractivity contribution in [1.29, 1.82) is 0 Å². The van der Waals surface area contributed by atoms with E-state index in [0.717, 1.165) is 57.5 Å². The molecule has 0 amide bonds. The number of hydrogen-bond acceptors (Lipinski definition) is 5. The van der Waals surface area contributed by atoms with Gasteiger partial charge in [0.05, 0.1) is 6.54 Å². The van der Waals surface area contributed by atoms with E-state index in [4.69, 9.17) is 4.99 Å². The summed E-state index contributed by atoms with van der Waals surface area (Å²) in [6.45, 7) is 8.64. The number of likely N-dealkylation sites (N-methyl/N-ethyl adjacent to an activating group) is 1. The molecule has 154 valence electrons. The lowest BCUT2D eigenvalue weighted by Crippen LogP contribution is -2.45. The second-order valence-electron chi connectivity index (χ2n) is 6.73. The number of hydrogen-bond donors (Lipinski definition) is 2. The van der Waals surface area contributed by atoms with Crippen LogP contribution in [0.25, 0.3) is 0 Å². The third kappa shape index (κ3) is 6.89. The molecule has 3 rings (SSSR count). The molecular formula is C20H31IN6S. The van der Waals surface area contributed by atoms with E-state index in [9.17, 15) is 0 Å². The molecular weight excluding hydrogens is 483 g/mol. The fraction of sp³-hybridized carbons (Fsp3) is 0.500. The smallest absolute Gasteiger partial charge is 0.191 e. The summed E-state index contributed by atoms with van der Waals surface area (Å²) in [6.07, 6.45) is 2.90. The van der Waals surface area contributed by atoms with Crippen LogP contribution < -0.4 is 15.5 Å². The van der Waals surface area contributed by atoms with Crippen molar-refractivity contribution in [2.45, 2.75) is 19.9 Å². The second kappa shape index (κ2) is 12.2. The number of aromatic nitrogens is 1. The minimum absolute atomic E-state index is 0. The lowest BCUT2D eigenvalue weighted by molar-refractivity contribution is 0.312. The summed E-state index contributed by atoms with van der Waals surface area (Å²) in [5, 5.41) is 8.90. The van der Waals surface area contributed by atoms with Crippen LogP contribution in [-0.2, 0) is 13.0 Å². The van der Waals surface area contributed by atoms with Crippen molar-refractivity contribution in [3.63, 3.8) is 0 Å². The number of rotatable bonds is 7. The summed E-state index contributed by atoms with van der Waals surface area (Å²) in [5.41, 5.74) is 1.18. The van der Waals surface area contributed by atoms with Gasteiger partial charge in [0, 0.05) is 55.9 Å². The Hall–Kier alpha value is -1.39. The summed E-state index contributed by atoms with van der Waals surface area (Å²) >= 11 is 1.80. The Bertz CT molecular complexity index is 713. The molecule has 2 aromatic rings. The van der Waals surface area contributed by atoms with Crippen molar-refractivity contribution >= 4 is 47.1 Å². The summed E-state index contributed by atoms with van der Waals surface area (Å²) < 4.78 is 0. The van der Waals surface area contributed by atoms with E-state index in [2.05, 4.69) is 63.0 Å². The number of anilines is 1. The maximum absolute atomic E-state index is 4.79. The zero-order chi connectivity index (χ0) is 18.9. The summed E-state index contributed by atoms with van der Waals surface area (Å²) in [7, 11) is 2.17. The van der Waals surface area contributed by atoms with Crippen molar-refractivity contribution in [2.75, 3.05) is 51.2 Å². The van der Waals surface area contributed by atoms with Gasteiger partial charge in [0.1, 0.15) is 5.82 Å². The average Bonchev–Trinajstić information content (AvgIpc) is 3.20. The SMILES string of the molecule is CCNC(=NCc1cccnc1N1CCN(C)CC1)NCCc1cccs1.I. The van der Waals surface area contributed by atoms with Crippen molar-refractivity contribution in [3.05, 3.63) is 46.3 Å². The van der Waals surface area contributed by atoms with Crippen LogP contribution in [0.15, 0.2) is 40.8 Å². The molecule has 0 atom stereocenters. The van der Waals surface area contributed by atoms with Gasteiger partial charge in [-0.05, 0) is 37.9 Å². The van der Waals surface area contributed by atoms with Gasteiger partial charge in [-0.1, -0.05) is 12.1 Å². The molecule has 1 fully saturated rings. The van der Waals surface area contributed by atoms with Gasteiger partial charge in [-0.2, -0.15) is 0 Å². The van der Waals surface area contributed by atoms with Gasteiger partial charge in [-0.3, -0.25) is 0 Å². The summed E-state index contributed by atoms with van der Waals surface area (Å²) in [5.74, 6) is 1.94. The van der Waals surface area contributed by atoms with Crippen LogP contribution >= 0.6 is 35.3 Å². The Morgan fingerprint density at radius 3 is 2.71 bits per heavy atom. The number of aliphatic imine (C=N–C) groups is 1. The molecule has 28 heavy (non-hydrogen) atoms. The first-order valence-electron chi connectivity index (χ1n) is 9.68. The largest absolute Gasteiger partial charge is 0.357 e. The highest BCUT2D eigenvalue weighted by Gasteiger charge is 2.17. The van der Waals surface area contributed by atoms with Gasteiger partial charge >= 0.3 is 0 Å². The Labute approximate surface area is 189 Å². The highest BCUT2D eigenvalue weighted by atomic mass is 127. The molecule has 0 aromatic carbocycles. The molecule has 0 spiro atoms. The van der Waals surface area contributed by atoms with Gasteiger partial charge in [0.25, 0.3) is 0 Å². The van der Waals surface area contributed by atoms with Gasteiger partial charge in [0.15, 0.2) is 5.96 Å². The van der Waals surface area contributed by atoms with E-state index in [0.29, 0.717) is 6.54 Å². The lowest BCUT2D eigenvalue weighted by atomic mass is 10.2. The quantitative estimate of drug-likeness (QED) is 0.338. The van der Waals surface area contributed by atoms with Crippen LogP contribution in [0.1, 0.15) is 17.4 Å². The van der Waals surface area contributed by atoms with Crippen LogP contribution in [-0.4, -0.2) is 62.2 Å². The first kappa shape index (κ1) is 22.9. The van der Waals surface area contributed by atoms with Crippen molar-refractivity contribution in [3.8, 4) is 0 Å². The zero-order valence-corrected chi connectivity index (χ0v) is 19.9. The summed E-state index contributed by atoms with van der Waals surface area (Å²) in [6, 6.07) is 8.41. The third-order valence-electron chi connectivity index (χ3n) is 4.67. The standard InChI is InChI=1S/C20H30N6S.HI/c1-3-21-20(23-10-8-18-7-5-15-27-18)24-16-17-6-4-9-22-19(17)26-13-11-25(2)12-14-26;/h4-7,9,15H,3,8,10-14,16H2,1-2H3,(H2,21,23,24);1H. The molecule has 0 bridgehead atoms. The van der Waals surface area contributed by atoms with E-state index >= 15 is 0 Å². The average molecular weight is 514 g/mol. The maximum Gasteiger partial charge on any atom is 0.191 e. The summed E-state index contributed by atoms with van der Waals surface area (Å²) in [4.78, 5) is 15.6. The van der Waals surface area contributed by atoms with Gasteiger partial charge < -0.3 is 20.4 Å². The van der Waals surface area contributed by atoms with E-state index in [1.807, 2.05) is 12.3 Å². The van der Waals surface area contributed by atoms with Crippen LogP contribution in [0.3, 0.4) is 0 Å². The number of pyridine rings is 1. The highest BCUT2D eigenvalue weighted by Crippen LogP contribution is 2.19. The first-order valence-corrected chi connectivity index (χ1v) is 10.6. The number of halogens is 1. The van der Waals surface area contributed by atoms with Gasteiger partial charge in [0.2, 0.25) is 0 Å². The molecule has 3 heterocycles. The monoisotopic (exact) mass is 514 g/mol. The van der Waals surface area contributed by atoms with Gasteiger partial charge in [-0.25, -0.2) is 9.98 Å². The number of guanidine groups is 1. The highest BCUT2D eigenvalue weighted by molar-refractivity contribution is 14.0. The molecule has 1 aliphatic rings. The molecule has 1 saturated heterocycles. The fourth-order valence-corrected chi connectivity index (χ4v) is 3.83. The minimum atomic E-state index is 0. The van der Waals surface area contributed by atoms with Crippen LogP contribution in [0, 0.1) is 0 Å². The molecule has 1 aliphatic heterocycles. The fourth-order valence-electron chi connectivity index (χ4n) is 3.12. The molecule has 2 aromatic heterocycles. The molecule has 2 N–H and O–H groups in total. The molecule has 8 heteroatoms. The normalized spacial score (nSPS) is 15.2. The predicted octanol–water partition coefficient (Wildman–Crippen LogP) is 2.81. The topological polar surface area (TPSA) is 55.8 Å². The molecule has 0 aliphatic carbocycles. The third-order valence-corrected chi connectivity index (χ3v) is 5.60. The van der Waals surface area contributed by atoms with E-state index in [1.54, 1.807) is 11.3 Å². The Morgan fingerprint density at radius 1 is 1.18 bits per heavy atom. The number of nitrogens with one attached hydrogen (secondary N) is 2. The van der Waals surface area contributed by atoms with Gasteiger partial charge in [-0.15, -0.1) is 35.3 Å². The minimum Gasteiger partial charge on any atom is -0.357 e. The van der Waals surface area contributed by atoms with Crippen molar-refractivity contribution in [2.24, 2.45) is 4.99 Å². The van der Waals surface area contributed by atoms with E-state index < -0.39 is 0 Å². The molecule has 0 saturated carbocycles. The van der Waals surface area contributed by atoms with E-state index in [1.165, 1.54) is 10.4 Å². The zero-order valence-electron chi connectivity index (χ0n) is 16.7. The van der Waals surface area contributed by atoms with Crippen molar-refractivity contribution in [1.82, 2.24) is 20.5 Å². The maximum atomic E-state index is 4.79. The lowest BCUT2D eigenvalue weighted by Gasteiger charge is -2.34.